The Labute approximate surface area is 140 Å². The van der Waals surface area contributed by atoms with Crippen molar-refractivity contribution in [3.8, 4) is 0 Å². The number of nitrogens with zero attached hydrogens (tertiary/aromatic N) is 3. The summed E-state index contributed by atoms with van der Waals surface area (Å²) in [5.74, 6) is 0.494. The van der Waals surface area contributed by atoms with Gasteiger partial charge in [-0.25, -0.2) is 13.4 Å². The summed E-state index contributed by atoms with van der Waals surface area (Å²) in [5, 5.41) is 4.10. The number of aryl methyl sites for hydroxylation is 1. The minimum Gasteiger partial charge on any atom is -0.261 e. The lowest BCUT2D eigenvalue weighted by molar-refractivity contribution is 0.445. The molecule has 0 aliphatic carbocycles. The average Bonchev–Trinajstić information content (AvgIpc) is 2.94. The number of rotatable bonds is 7. The van der Waals surface area contributed by atoms with Gasteiger partial charge in [-0.15, -0.1) is 11.3 Å². The Kier molecular flexibility index (Phi) is 5.86. The van der Waals surface area contributed by atoms with Crippen LogP contribution in [0.25, 0.3) is 0 Å². The summed E-state index contributed by atoms with van der Waals surface area (Å²) in [6.07, 6.45) is 3.06. The molecule has 0 unspecified atom stereocenters. The van der Waals surface area contributed by atoms with Crippen LogP contribution in [-0.4, -0.2) is 37.0 Å². The zero-order chi connectivity index (χ0) is 16.9. The van der Waals surface area contributed by atoms with E-state index in [2.05, 4.69) is 15.5 Å². The summed E-state index contributed by atoms with van der Waals surface area (Å²) >= 11 is 1.64. The van der Waals surface area contributed by atoms with Gasteiger partial charge in [0.2, 0.25) is 10.0 Å². The molecule has 124 valence electrons. The summed E-state index contributed by atoms with van der Waals surface area (Å²) in [6, 6.07) is 7.15. The molecule has 2 heterocycles. The predicted octanol–water partition coefficient (Wildman–Crippen LogP) is 2.93. The van der Waals surface area contributed by atoms with Gasteiger partial charge in [-0.2, -0.15) is 9.41 Å². The van der Waals surface area contributed by atoms with Crippen molar-refractivity contribution >= 4 is 33.4 Å². The highest BCUT2D eigenvalue weighted by Crippen LogP contribution is 2.16. The molecule has 0 aromatic carbocycles. The fraction of sp³-hybridized carbons (Fsp3) is 0.333. The van der Waals surface area contributed by atoms with E-state index >= 15 is 0 Å². The topological polar surface area (TPSA) is 74.7 Å². The third-order valence-electron chi connectivity index (χ3n) is 3.21. The van der Waals surface area contributed by atoms with Gasteiger partial charge in [0, 0.05) is 29.0 Å². The molecular formula is C15H20N4O2S2. The molecule has 0 fully saturated rings. The van der Waals surface area contributed by atoms with E-state index in [1.165, 1.54) is 21.4 Å². The van der Waals surface area contributed by atoms with E-state index in [-0.39, 0.29) is 4.90 Å². The molecule has 1 N–H and O–H groups in total. The van der Waals surface area contributed by atoms with E-state index in [1.807, 2.05) is 32.9 Å². The second-order valence-corrected chi connectivity index (χ2v) is 8.04. The van der Waals surface area contributed by atoms with Crippen molar-refractivity contribution in [2.24, 2.45) is 5.10 Å². The molecule has 0 bridgehead atoms. The molecule has 0 radical (unpaired) electrons. The quantitative estimate of drug-likeness (QED) is 0.614. The Hall–Kier alpha value is -1.77. The van der Waals surface area contributed by atoms with Gasteiger partial charge < -0.3 is 0 Å². The number of thiophene rings is 1. The molecular weight excluding hydrogens is 332 g/mol. The van der Waals surface area contributed by atoms with Gasteiger partial charge in [-0.3, -0.25) is 5.43 Å². The van der Waals surface area contributed by atoms with Crippen LogP contribution in [0.5, 0.6) is 0 Å². The highest BCUT2D eigenvalue weighted by molar-refractivity contribution is 7.89. The standard InChI is InChI=1S/C15H20N4O2S2/c1-4-19(5-2)23(20,21)14-8-9-15(16-11-14)18-17-10-13-7-6-12(3)22-13/h6-11H,4-5H2,1-3H3,(H,16,18)/b17-10+. The first-order chi connectivity index (χ1) is 11.0. The number of pyridine rings is 1. The van der Waals surface area contributed by atoms with Crippen LogP contribution in [0.4, 0.5) is 5.82 Å². The van der Waals surface area contributed by atoms with Crippen molar-refractivity contribution in [1.82, 2.24) is 9.29 Å². The average molecular weight is 352 g/mol. The molecule has 2 aromatic rings. The van der Waals surface area contributed by atoms with Crippen molar-refractivity contribution in [2.45, 2.75) is 25.7 Å². The van der Waals surface area contributed by atoms with E-state index < -0.39 is 10.0 Å². The van der Waals surface area contributed by atoms with Gasteiger partial charge in [0.25, 0.3) is 0 Å². The second kappa shape index (κ2) is 7.67. The maximum Gasteiger partial charge on any atom is 0.244 e. The number of aromatic nitrogens is 1. The molecule has 8 heteroatoms. The molecule has 0 saturated carbocycles. The summed E-state index contributed by atoms with van der Waals surface area (Å²) in [7, 11) is -3.47. The van der Waals surface area contributed by atoms with E-state index in [9.17, 15) is 8.42 Å². The van der Waals surface area contributed by atoms with E-state index in [1.54, 1.807) is 23.6 Å². The minimum atomic E-state index is -3.47. The van der Waals surface area contributed by atoms with Crippen molar-refractivity contribution in [3.63, 3.8) is 0 Å². The zero-order valence-electron chi connectivity index (χ0n) is 13.4. The molecule has 0 aliphatic rings. The monoisotopic (exact) mass is 352 g/mol. The van der Waals surface area contributed by atoms with Crippen molar-refractivity contribution < 1.29 is 8.42 Å². The SMILES string of the molecule is CCN(CC)S(=O)(=O)c1ccc(N/N=C/c2ccc(C)s2)nc1. The normalized spacial score (nSPS) is 12.2. The van der Waals surface area contributed by atoms with E-state index in [4.69, 9.17) is 0 Å². The van der Waals surface area contributed by atoms with Crippen molar-refractivity contribution in [2.75, 3.05) is 18.5 Å². The smallest absolute Gasteiger partial charge is 0.244 e. The fourth-order valence-electron chi connectivity index (χ4n) is 2.00. The highest BCUT2D eigenvalue weighted by atomic mass is 32.2. The Balaban J connectivity index is 2.06. The Morgan fingerprint density at radius 3 is 2.52 bits per heavy atom. The largest absolute Gasteiger partial charge is 0.261 e. The lowest BCUT2D eigenvalue weighted by Gasteiger charge is -2.18. The molecule has 0 aliphatic heterocycles. The third-order valence-corrected chi connectivity index (χ3v) is 6.18. The van der Waals surface area contributed by atoms with Crippen molar-refractivity contribution in [1.29, 1.82) is 0 Å². The molecule has 0 saturated heterocycles. The van der Waals surface area contributed by atoms with Gasteiger partial charge in [0.05, 0.1) is 6.21 Å². The maximum absolute atomic E-state index is 12.3. The Bertz CT molecular complexity index is 763. The van der Waals surface area contributed by atoms with Gasteiger partial charge in [-0.1, -0.05) is 13.8 Å². The molecule has 2 rings (SSSR count). The molecule has 6 nitrogen and oxygen atoms in total. The number of sulfonamides is 1. The fourth-order valence-corrected chi connectivity index (χ4v) is 4.15. The summed E-state index contributed by atoms with van der Waals surface area (Å²) in [6.45, 7) is 6.52. The highest BCUT2D eigenvalue weighted by Gasteiger charge is 2.21. The Morgan fingerprint density at radius 1 is 1.26 bits per heavy atom. The number of nitrogens with one attached hydrogen (secondary N) is 1. The first-order valence-electron chi connectivity index (χ1n) is 7.29. The van der Waals surface area contributed by atoms with Gasteiger partial charge in [0.15, 0.2) is 0 Å². The van der Waals surface area contributed by atoms with Crippen LogP contribution in [0.1, 0.15) is 23.6 Å². The predicted molar refractivity (Wildman–Crippen MR) is 94.6 cm³/mol. The van der Waals surface area contributed by atoms with Gasteiger partial charge in [-0.05, 0) is 31.2 Å². The van der Waals surface area contributed by atoms with E-state index in [0.717, 1.165) is 4.88 Å². The van der Waals surface area contributed by atoms with Crippen LogP contribution in [0.2, 0.25) is 0 Å². The lowest BCUT2D eigenvalue weighted by atomic mass is 10.4. The molecule has 0 amide bonds. The van der Waals surface area contributed by atoms with Crippen LogP contribution in [-0.2, 0) is 10.0 Å². The molecule has 0 spiro atoms. The zero-order valence-corrected chi connectivity index (χ0v) is 15.0. The van der Waals surface area contributed by atoms with Gasteiger partial charge >= 0.3 is 0 Å². The number of hydrazone groups is 1. The minimum absolute atomic E-state index is 0.185. The Morgan fingerprint density at radius 2 is 2.00 bits per heavy atom. The van der Waals surface area contributed by atoms with Crippen LogP contribution < -0.4 is 5.43 Å². The molecule has 2 aromatic heterocycles. The molecule has 23 heavy (non-hydrogen) atoms. The van der Waals surface area contributed by atoms with E-state index in [0.29, 0.717) is 18.9 Å². The van der Waals surface area contributed by atoms with Gasteiger partial charge in [0.1, 0.15) is 10.7 Å². The van der Waals surface area contributed by atoms with Crippen LogP contribution in [0.3, 0.4) is 0 Å². The maximum atomic E-state index is 12.3. The van der Waals surface area contributed by atoms with Crippen LogP contribution in [0.15, 0.2) is 40.5 Å². The number of anilines is 1. The lowest BCUT2D eigenvalue weighted by Crippen LogP contribution is -2.30. The second-order valence-electron chi connectivity index (χ2n) is 4.79. The third kappa shape index (κ3) is 4.37. The van der Waals surface area contributed by atoms with Crippen LogP contribution >= 0.6 is 11.3 Å². The summed E-state index contributed by atoms with van der Waals surface area (Å²) in [5.41, 5.74) is 2.79. The first-order valence-corrected chi connectivity index (χ1v) is 9.54. The number of hydrogen-bond acceptors (Lipinski definition) is 6. The van der Waals surface area contributed by atoms with Crippen LogP contribution in [0, 0.1) is 6.92 Å². The summed E-state index contributed by atoms with van der Waals surface area (Å²) in [4.78, 5) is 6.55. The first kappa shape index (κ1) is 17.6. The number of hydrogen-bond donors (Lipinski definition) is 1. The van der Waals surface area contributed by atoms with Crippen molar-refractivity contribution in [3.05, 3.63) is 40.2 Å². The molecule has 0 atom stereocenters. The summed E-state index contributed by atoms with van der Waals surface area (Å²) < 4.78 is 26.1.